The minimum Gasteiger partial charge on any atom is -0.491 e. The topological polar surface area (TPSA) is 98.2 Å². The van der Waals surface area contributed by atoms with Gasteiger partial charge in [0.1, 0.15) is 11.3 Å². The molecule has 3 aromatic carbocycles. The van der Waals surface area contributed by atoms with Crippen molar-refractivity contribution in [2.45, 2.75) is 64.9 Å². The molecule has 0 saturated heterocycles. The molecule has 2 N–H and O–H groups in total. The molecular weight excluding hydrogens is 583 g/mol. The Hall–Kier alpha value is -4.92. The lowest BCUT2D eigenvalue weighted by Crippen LogP contribution is -2.32. The highest BCUT2D eigenvalue weighted by Gasteiger charge is 2.21. The van der Waals surface area contributed by atoms with Crippen LogP contribution in [0.4, 0.5) is 9.18 Å². The Balaban J connectivity index is 1.20. The van der Waals surface area contributed by atoms with Crippen molar-refractivity contribution >= 4 is 6.09 Å². The molecule has 0 fully saturated rings. The molecule has 0 radical (unpaired) electrons. The second kappa shape index (κ2) is 14.9. The van der Waals surface area contributed by atoms with Gasteiger partial charge in [-0.15, -0.1) is 0 Å². The zero-order chi connectivity index (χ0) is 32.5. The number of amides is 1. The number of hydrogen-bond donors (Lipinski definition) is 2. The number of hydrogen-bond acceptors (Lipinski definition) is 5. The van der Waals surface area contributed by atoms with Crippen LogP contribution in [0.2, 0.25) is 0 Å². The highest BCUT2D eigenvalue weighted by molar-refractivity contribution is 5.67. The number of halogens is 1. The fourth-order valence-corrected chi connectivity index (χ4v) is 5.21. The Morgan fingerprint density at radius 1 is 0.913 bits per heavy atom. The van der Waals surface area contributed by atoms with Gasteiger partial charge in [0.15, 0.2) is 17.4 Å². The van der Waals surface area contributed by atoms with Crippen LogP contribution in [0.1, 0.15) is 69.0 Å². The number of carbonyl (C=O) groups is 1. The highest BCUT2D eigenvalue weighted by atomic mass is 19.1. The number of ether oxygens (including phenoxy) is 2. The van der Waals surface area contributed by atoms with Gasteiger partial charge in [-0.3, -0.25) is 9.36 Å². The van der Waals surface area contributed by atoms with Crippen LogP contribution in [0, 0.1) is 5.82 Å². The van der Waals surface area contributed by atoms with Crippen molar-refractivity contribution in [3.8, 4) is 22.8 Å². The van der Waals surface area contributed by atoms with Gasteiger partial charge >= 0.3 is 6.09 Å². The number of alkyl carbamates (subject to hydrolysis) is 1. The van der Waals surface area contributed by atoms with Gasteiger partial charge in [0.2, 0.25) is 0 Å². The van der Waals surface area contributed by atoms with Gasteiger partial charge in [0, 0.05) is 25.6 Å². The molecule has 46 heavy (non-hydrogen) atoms. The van der Waals surface area contributed by atoms with Crippen molar-refractivity contribution in [2.24, 2.45) is 0 Å². The molecule has 2 aliphatic heterocycles. The Morgan fingerprint density at radius 2 is 1.63 bits per heavy atom. The number of aromatic nitrogens is 3. The van der Waals surface area contributed by atoms with Gasteiger partial charge in [-0.25, -0.2) is 14.2 Å². The van der Waals surface area contributed by atoms with E-state index in [0.29, 0.717) is 36.6 Å². The molecule has 0 aliphatic carbocycles. The molecule has 0 saturated carbocycles. The van der Waals surface area contributed by atoms with E-state index in [0.717, 1.165) is 48.2 Å². The Labute approximate surface area is 269 Å². The fourth-order valence-electron chi connectivity index (χ4n) is 5.21. The fraction of sp³-hybridized carbons (Fsp3) is 0.324. The summed E-state index contributed by atoms with van der Waals surface area (Å²) in [7, 11) is 0. The maximum absolute atomic E-state index is 15.0. The largest absolute Gasteiger partial charge is 0.491 e. The highest BCUT2D eigenvalue weighted by Crippen LogP contribution is 2.25. The number of nitrogens with one attached hydrogen (secondary N) is 2. The molecule has 0 aromatic heterocycles. The van der Waals surface area contributed by atoms with Gasteiger partial charge in [0.05, 0.1) is 18.0 Å². The van der Waals surface area contributed by atoms with Crippen molar-refractivity contribution in [2.75, 3.05) is 13.2 Å². The molecule has 2 aliphatic rings. The average molecular weight is 625 g/mol. The lowest BCUT2D eigenvalue weighted by Gasteiger charge is -2.19. The number of unbranched alkanes of at least 4 members (excludes halogenated alkanes) is 3. The van der Waals surface area contributed by atoms with Crippen molar-refractivity contribution < 1.29 is 18.7 Å². The van der Waals surface area contributed by atoms with E-state index in [1.54, 1.807) is 22.9 Å². The first-order chi connectivity index (χ1) is 22.2. The van der Waals surface area contributed by atoms with Crippen molar-refractivity contribution in [1.29, 1.82) is 0 Å². The summed E-state index contributed by atoms with van der Waals surface area (Å²) in [4.78, 5) is 33.5. The van der Waals surface area contributed by atoms with Gasteiger partial charge in [-0.2, -0.15) is 0 Å². The zero-order valence-corrected chi connectivity index (χ0v) is 26.6. The van der Waals surface area contributed by atoms with Crippen LogP contribution in [0.15, 0.2) is 89.9 Å². The third-order valence-electron chi connectivity index (χ3n) is 7.42. The van der Waals surface area contributed by atoms with Gasteiger partial charge in [-0.1, -0.05) is 79.6 Å². The Morgan fingerprint density at radius 3 is 2.35 bits per heavy atom. The number of benzene rings is 3. The molecule has 0 spiro atoms. The van der Waals surface area contributed by atoms with Crippen molar-refractivity contribution in [3.05, 3.63) is 124 Å². The van der Waals surface area contributed by atoms with E-state index in [9.17, 15) is 14.0 Å². The lowest BCUT2D eigenvalue weighted by atomic mass is 10.1. The summed E-state index contributed by atoms with van der Waals surface area (Å²) in [6.45, 7) is 6.42. The number of rotatable bonds is 13. The van der Waals surface area contributed by atoms with Gasteiger partial charge < -0.3 is 19.8 Å². The number of imidazole rings is 1. The van der Waals surface area contributed by atoms with Crippen molar-refractivity contribution in [3.63, 3.8) is 0 Å². The molecule has 2 heterocycles. The predicted octanol–water partition coefficient (Wildman–Crippen LogP) is 7.45. The summed E-state index contributed by atoms with van der Waals surface area (Å²) in [5.74, 6) is 0.268. The number of nitrogens with zero attached hydrogens (tertiary/aromatic N) is 2. The van der Waals surface area contributed by atoms with E-state index in [-0.39, 0.29) is 17.7 Å². The first-order valence-electron chi connectivity index (χ1n) is 15.8. The monoisotopic (exact) mass is 624 g/mol. The number of aromatic amines is 1. The maximum atomic E-state index is 15.0. The van der Waals surface area contributed by atoms with Crippen LogP contribution in [0.5, 0.6) is 5.75 Å². The molecule has 0 atom stereocenters. The van der Waals surface area contributed by atoms with Crippen molar-refractivity contribution in [1.82, 2.24) is 19.9 Å². The molecule has 8 nitrogen and oxygen atoms in total. The molecule has 9 heteroatoms. The van der Waals surface area contributed by atoms with Crippen LogP contribution in [-0.4, -0.2) is 39.4 Å². The first kappa shape index (κ1) is 32.5. The van der Waals surface area contributed by atoms with E-state index in [2.05, 4.69) is 10.3 Å². The Kier molecular flexibility index (Phi) is 10.5. The van der Waals surface area contributed by atoms with E-state index in [4.69, 9.17) is 14.5 Å². The quantitative estimate of drug-likeness (QED) is 0.133. The Bertz CT molecular complexity index is 1760. The summed E-state index contributed by atoms with van der Waals surface area (Å²) >= 11 is 0. The molecule has 0 bridgehead atoms. The summed E-state index contributed by atoms with van der Waals surface area (Å²) < 4.78 is 27.5. The smallest absolute Gasteiger partial charge is 0.407 e. The van der Waals surface area contributed by atoms with Crippen LogP contribution in [0.25, 0.3) is 17.1 Å². The number of H-pyrrole nitrogens is 1. The number of fused-ring (bicyclic) bond motifs is 1. The molecule has 240 valence electrons. The standard InChI is InChI=1S/C37H41FN4O4/c1-37(2,3)46-36(44)39-20-12-4-5-13-21-45-33-19-18-27(22-29(33)38)24-31-35(43)42-25-32(28-16-10-7-11-17-28)40-30(34(42)41-31)23-26-14-8-6-9-15-26/h6-11,14-19,22,25,40H,4-5,12-13,20-21,23-24H2,1-3H3,(H,39,44). The van der Waals surface area contributed by atoms with E-state index in [1.165, 1.54) is 6.07 Å². The summed E-state index contributed by atoms with van der Waals surface area (Å²) in [5.41, 5.74) is 3.94. The number of carbonyl (C=O) groups excluding carboxylic acids is 1. The van der Waals surface area contributed by atoms with Crippen LogP contribution < -0.4 is 15.6 Å². The SMILES string of the molecule is CC(C)(C)OC(=O)NCCCCCCOc1ccc(Cc2nc3c(Cc4ccccc4)[nH]c(-c4ccccc4)cn-3c2=O)cc1F. The third-order valence-corrected chi connectivity index (χ3v) is 7.42. The van der Waals surface area contributed by atoms with Crippen LogP contribution in [-0.2, 0) is 17.6 Å². The van der Waals surface area contributed by atoms with Crippen LogP contribution in [0.3, 0.4) is 0 Å². The molecule has 0 unspecified atom stereocenters. The van der Waals surface area contributed by atoms with Gasteiger partial charge in [-0.05, 0) is 62.4 Å². The molecule has 1 amide bonds. The normalized spacial score (nSPS) is 11.5. The van der Waals surface area contributed by atoms with E-state index >= 15 is 0 Å². The maximum Gasteiger partial charge on any atom is 0.407 e. The minimum absolute atomic E-state index is 0.181. The summed E-state index contributed by atoms with van der Waals surface area (Å²) in [5, 5.41) is 2.75. The van der Waals surface area contributed by atoms with E-state index < -0.39 is 17.5 Å². The minimum atomic E-state index is -0.513. The third kappa shape index (κ3) is 8.84. The lowest BCUT2D eigenvalue weighted by molar-refractivity contribution is 0.0527. The first-order valence-corrected chi connectivity index (χ1v) is 15.8. The van der Waals surface area contributed by atoms with E-state index in [1.807, 2.05) is 81.4 Å². The predicted molar refractivity (Wildman–Crippen MR) is 177 cm³/mol. The average Bonchev–Trinajstić information content (AvgIpc) is 3.34. The second-order valence-corrected chi connectivity index (χ2v) is 12.4. The summed E-state index contributed by atoms with van der Waals surface area (Å²) in [6, 6.07) is 24.7. The van der Waals surface area contributed by atoms with Crippen LogP contribution >= 0.6 is 0 Å². The van der Waals surface area contributed by atoms with Gasteiger partial charge in [0.25, 0.3) is 5.56 Å². The zero-order valence-electron chi connectivity index (χ0n) is 26.6. The molecular formula is C37H41FN4O4. The second-order valence-electron chi connectivity index (χ2n) is 12.4. The molecule has 5 rings (SSSR count). The summed E-state index contributed by atoms with van der Waals surface area (Å²) in [6.07, 6.45) is 5.54. The molecule has 3 aromatic rings.